The average molecular weight is 412 g/mol. The molecule has 0 spiro atoms. The zero-order valence-corrected chi connectivity index (χ0v) is 17.6. The average Bonchev–Trinajstić information content (AvgIpc) is 2.69. The van der Waals surface area contributed by atoms with E-state index in [1.807, 2.05) is 18.2 Å². The topological polar surface area (TPSA) is 99.1 Å². The molecule has 1 unspecified atom stereocenters. The predicted molar refractivity (Wildman–Crippen MR) is 111 cm³/mol. The number of carbonyl (C=O) groups excluding carboxylic acids is 1. The van der Waals surface area contributed by atoms with E-state index in [1.54, 1.807) is 25.1 Å². The summed E-state index contributed by atoms with van der Waals surface area (Å²) < 4.78 is 27.1. The number of amides is 1. The first-order valence-corrected chi connectivity index (χ1v) is 11.0. The van der Waals surface area contributed by atoms with Gasteiger partial charge in [-0.15, -0.1) is 0 Å². The van der Waals surface area contributed by atoms with Gasteiger partial charge in [0.2, 0.25) is 10.0 Å². The summed E-state index contributed by atoms with van der Waals surface area (Å²) in [5.74, 6) is -0.318. The molecule has 0 aliphatic heterocycles. The highest BCUT2D eigenvalue weighted by atomic mass is 32.2. The normalized spacial score (nSPS) is 17.8. The van der Waals surface area contributed by atoms with Crippen molar-refractivity contribution in [3.63, 3.8) is 0 Å². The third-order valence-corrected chi connectivity index (χ3v) is 7.05. The van der Waals surface area contributed by atoms with Crippen LogP contribution in [0.2, 0.25) is 0 Å². The van der Waals surface area contributed by atoms with Crippen LogP contribution in [0.5, 0.6) is 0 Å². The molecule has 2 N–H and O–H groups in total. The lowest BCUT2D eigenvalue weighted by Crippen LogP contribution is -2.35. The van der Waals surface area contributed by atoms with Crippen LogP contribution in [0.4, 0.5) is 0 Å². The summed E-state index contributed by atoms with van der Waals surface area (Å²) in [6.07, 6.45) is 1.76. The number of nitrogens with zero attached hydrogens (tertiary/aromatic N) is 1. The zero-order valence-electron chi connectivity index (χ0n) is 16.8. The van der Waals surface area contributed by atoms with E-state index in [-0.39, 0.29) is 34.4 Å². The third kappa shape index (κ3) is 4.34. The summed E-state index contributed by atoms with van der Waals surface area (Å²) in [6, 6.07) is 14.3. The SMILES string of the molecule is Cc1ccc(C(=O)NC2CCC(C)(C)c3ccccc32)cc1S(=O)(=O)NCC#N. The molecule has 0 saturated carbocycles. The molecule has 3 rings (SSSR count). The molecule has 2 aromatic carbocycles. The fourth-order valence-corrected chi connectivity index (χ4v) is 5.02. The van der Waals surface area contributed by atoms with Crippen LogP contribution in [-0.4, -0.2) is 20.9 Å². The molecule has 1 aliphatic rings. The van der Waals surface area contributed by atoms with Crippen LogP contribution in [0.1, 0.15) is 59.8 Å². The molecule has 0 radical (unpaired) electrons. The van der Waals surface area contributed by atoms with Gasteiger partial charge in [-0.2, -0.15) is 9.98 Å². The smallest absolute Gasteiger partial charge is 0.251 e. The molecule has 152 valence electrons. The van der Waals surface area contributed by atoms with E-state index in [2.05, 4.69) is 30.0 Å². The van der Waals surface area contributed by atoms with E-state index >= 15 is 0 Å². The molecular weight excluding hydrogens is 386 g/mol. The summed E-state index contributed by atoms with van der Waals surface area (Å²) in [7, 11) is -3.86. The number of aryl methyl sites for hydroxylation is 1. The fourth-order valence-electron chi connectivity index (χ4n) is 3.84. The van der Waals surface area contributed by atoms with Crippen molar-refractivity contribution >= 4 is 15.9 Å². The highest BCUT2D eigenvalue weighted by Crippen LogP contribution is 2.41. The van der Waals surface area contributed by atoms with Crippen molar-refractivity contribution in [2.45, 2.75) is 50.0 Å². The first-order valence-electron chi connectivity index (χ1n) is 9.53. The van der Waals surface area contributed by atoms with Crippen molar-refractivity contribution in [1.82, 2.24) is 10.0 Å². The Balaban J connectivity index is 1.87. The summed E-state index contributed by atoms with van der Waals surface area (Å²) in [5, 5.41) is 11.7. The number of nitriles is 1. The van der Waals surface area contributed by atoms with Crippen LogP contribution < -0.4 is 10.0 Å². The Hall–Kier alpha value is -2.69. The maximum atomic E-state index is 12.9. The summed E-state index contributed by atoms with van der Waals surface area (Å²) in [4.78, 5) is 12.9. The summed E-state index contributed by atoms with van der Waals surface area (Å²) in [6.45, 7) is 5.74. The Morgan fingerprint density at radius 1 is 1.24 bits per heavy atom. The van der Waals surface area contributed by atoms with Crippen LogP contribution in [0.25, 0.3) is 0 Å². The van der Waals surface area contributed by atoms with Gasteiger partial charge in [-0.25, -0.2) is 8.42 Å². The standard InChI is InChI=1S/C22H25N3O3S/c1-15-8-9-16(14-20(15)29(27,28)24-13-12-23)21(26)25-19-10-11-22(2,3)18-7-5-4-6-17(18)19/h4-9,14,19,24H,10-11,13H2,1-3H3,(H,25,26). The van der Waals surface area contributed by atoms with E-state index in [1.165, 1.54) is 11.6 Å². The van der Waals surface area contributed by atoms with Gasteiger partial charge in [-0.05, 0) is 54.0 Å². The van der Waals surface area contributed by atoms with Crippen LogP contribution in [0.3, 0.4) is 0 Å². The van der Waals surface area contributed by atoms with Gasteiger partial charge in [-0.1, -0.05) is 44.2 Å². The molecule has 1 atom stereocenters. The van der Waals surface area contributed by atoms with Gasteiger partial charge < -0.3 is 5.32 Å². The highest BCUT2D eigenvalue weighted by Gasteiger charge is 2.33. The van der Waals surface area contributed by atoms with Crippen LogP contribution in [0.15, 0.2) is 47.4 Å². The maximum absolute atomic E-state index is 12.9. The van der Waals surface area contributed by atoms with E-state index < -0.39 is 10.0 Å². The quantitative estimate of drug-likeness (QED) is 0.737. The van der Waals surface area contributed by atoms with Gasteiger partial charge in [0.1, 0.15) is 0 Å². The van der Waals surface area contributed by atoms with Gasteiger partial charge in [0.15, 0.2) is 0 Å². The number of rotatable bonds is 5. The van der Waals surface area contributed by atoms with Gasteiger partial charge >= 0.3 is 0 Å². The number of benzene rings is 2. The minimum atomic E-state index is -3.86. The Kier molecular flexibility index (Phi) is 5.78. The lowest BCUT2D eigenvalue weighted by atomic mass is 9.71. The van der Waals surface area contributed by atoms with Crippen molar-refractivity contribution in [3.05, 3.63) is 64.7 Å². The molecule has 1 amide bonds. The molecule has 1 aliphatic carbocycles. The molecule has 0 heterocycles. The number of hydrogen-bond acceptors (Lipinski definition) is 4. The first kappa shape index (κ1) is 21.0. The Bertz CT molecular complexity index is 1080. The van der Waals surface area contributed by atoms with E-state index in [9.17, 15) is 13.2 Å². The van der Waals surface area contributed by atoms with Crippen molar-refractivity contribution in [2.75, 3.05) is 6.54 Å². The second kappa shape index (κ2) is 7.97. The maximum Gasteiger partial charge on any atom is 0.251 e. The van der Waals surface area contributed by atoms with Crippen LogP contribution in [0, 0.1) is 18.3 Å². The van der Waals surface area contributed by atoms with Crippen molar-refractivity contribution in [1.29, 1.82) is 5.26 Å². The minimum absolute atomic E-state index is 0.00516. The van der Waals surface area contributed by atoms with Crippen LogP contribution in [-0.2, 0) is 15.4 Å². The molecule has 7 heteroatoms. The fraction of sp³-hybridized carbons (Fsp3) is 0.364. The van der Waals surface area contributed by atoms with E-state index in [0.717, 1.165) is 18.4 Å². The molecule has 0 saturated heterocycles. The number of hydrogen-bond donors (Lipinski definition) is 2. The Morgan fingerprint density at radius 3 is 2.69 bits per heavy atom. The van der Waals surface area contributed by atoms with E-state index in [4.69, 9.17) is 5.26 Å². The highest BCUT2D eigenvalue weighted by molar-refractivity contribution is 7.89. The molecule has 0 bridgehead atoms. The van der Waals surface area contributed by atoms with Gasteiger partial charge in [-0.3, -0.25) is 4.79 Å². The van der Waals surface area contributed by atoms with Gasteiger partial charge in [0, 0.05) is 5.56 Å². The second-order valence-electron chi connectivity index (χ2n) is 8.00. The molecular formula is C22H25N3O3S. The Morgan fingerprint density at radius 2 is 1.97 bits per heavy atom. The molecule has 6 nitrogen and oxygen atoms in total. The number of carbonyl (C=O) groups is 1. The minimum Gasteiger partial charge on any atom is -0.345 e. The lowest BCUT2D eigenvalue weighted by Gasteiger charge is -2.37. The van der Waals surface area contributed by atoms with Crippen LogP contribution >= 0.6 is 0 Å². The van der Waals surface area contributed by atoms with E-state index in [0.29, 0.717) is 5.56 Å². The zero-order chi connectivity index (χ0) is 21.2. The lowest BCUT2D eigenvalue weighted by molar-refractivity contribution is 0.0929. The second-order valence-corrected chi connectivity index (χ2v) is 9.73. The summed E-state index contributed by atoms with van der Waals surface area (Å²) >= 11 is 0. The predicted octanol–water partition coefficient (Wildman–Crippen LogP) is 3.34. The first-order chi connectivity index (χ1) is 13.7. The number of sulfonamides is 1. The third-order valence-electron chi connectivity index (χ3n) is 5.51. The number of nitrogens with one attached hydrogen (secondary N) is 2. The molecule has 2 aromatic rings. The van der Waals surface area contributed by atoms with Gasteiger partial charge in [0.25, 0.3) is 5.91 Å². The van der Waals surface area contributed by atoms with Crippen molar-refractivity contribution < 1.29 is 13.2 Å². The van der Waals surface area contributed by atoms with Crippen molar-refractivity contribution in [3.8, 4) is 6.07 Å². The Labute approximate surface area is 172 Å². The molecule has 0 aromatic heterocycles. The monoisotopic (exact) mass is 411 g/mol. The molecule has 29 heavy (non-hydrogen) atoms. The molecule has 0 fully saturated rings. The summed E-state index contributed by atoms with van der Waals surface area (Å²) in [5.41, 5.74) is 3.17. The largest absolute Gasteiger partial charge is 0.345 e. The van der Waals surface area contributed by atoms with Crippen molar-refractivity contribution in [2.24, 2.45) is 0 Å². The number of fused-ring (bicyclic) bond motifs is 1. The van der Waals surface area contributed by atoms with Gasteiger partial charge in [0.05, 0.1) is 23.6 Å².